The number of ether oxygens (including phenoxy) is 2. The summed E-state index contributed by atoms with van der Waals surface area (Å²) in [5.74, 6) is -1.27. The molecule has 0 fully saturated rings. The van der Waals surface area contributed by atoms with Crippen LogP contribution in [-0.2, 0) is 14.3 Å². The summed E-state index contributed by atoms with van der Waals surface area (Å²) in [5, 5.41) is 10.7. The van der Waals surface area contributed by atoms with Gasteiger partial charge in [-0.3, -0.25) is 4.79 Å². The SMILES string of the molecule is CCOC(=O)C1(C(C)=O)Oc2ccc(Cl)cc2C1O. The van der Waals surface area contributed by atoms with E-state index in [2.05, 4.69) is 0 Å². The molecule has 0 spiro atoms. The number of carbonyl (C=O) groups excluding carboxylic acids is 2. The number of benzene rings is 1. The fourth-order valence-electron chi connectivity index (χ4n) is 2.07. The van der Waals surface area contributed by atoms with Crippen molar-refractivity contribution in [1.29, 1.82) is 0 Å². The van der Waals surface area contributed by atoms with Crippen LogP contribution < -0.4 is 4.74 Å². The summed E-state index contributed by atoms with van der Waals surface area (Å²) in [5.41, 5.74) is -1.74. The minimum Gasteiger partial charge on any atom is -0.464 e. The van der Waals surface area contributed by atoms with Gasteiger partial charge in [-0.1, -0.05) is 11.6 Å². The number of aliphatic hydroxyl groups is 1. The number of aliphatic hydroxyl groups excluding tert-OH is 1. The summed E-state index contributed by atoms with van der Waals surface area (Å²) in [6.45, 7) is 2.87. The van der Waals surface area contributed by atoms with Crippen LogP contribution in [-0.4, -0.2) is 29.1 Å². The third-order valence-electron chi connectivity index (χ3n) is 3.02. The minimum atomic E-state index is -2.04. The number of Topliss-reactive ketones (excluding diaryl/α,β-unsaturated/α-hetero) is 1. The molecule has 5 nitrogen and oxygen atoms in total. The van der Waals surface area contributed by atoms with Gasteiger partial charge in [0, 0.05) is 10.6 Å². The molecule has 2 rings (SSSR count). The first kappa shape index (κ1) is 13.8. The van der Waals surface area contributed by atoms with Gasteiger partial charge in [-0.2, -0.15) is 0 Å². The van der Waals surface area contributed by atoms with Crippen LogP contribution in [0.1, 0.15) is 25.5 Å². The maximum absolute atomic E-state index is 12.0. The van der Waals surface area contributed by atoms with Crippen LogP contribution in [0, 0.1) is 0 Å². The van der Waals surface area contributed by atoms with Crippen molar-refractivity contribution in [1.82, 2.24) is 0 Å². The highest BCUT2D eigenvalue weighted by atomic mass is 35.5. The van der Waals surface area contributed by atoms with E-state index in [4.69, 9.17) is 21.1 Å². The van der Waals surface area contributed by atoms with Gasteiger partial charge in [-0.15, -0.1) is 0 Å². The second kappa shape index (κ2) is 4.83. The zero-order valence-corrected chi connectivity index (χ0v) is 11.2. The van der Waals surface area contributed by atoms with Crippen LogP contribution in [0.15, 0.2) is 18.2 Å². The van der Waals surface area contributed by atoms with Gasteiger partial charge in [-0.05, 0) is 32.0 Å². The number of rotatable bonds is 3. The Morgan fingerprint density at radius 2 is 2.21 bits per heavy atom. The lowest BCUT2D eigenvalue weighted by Crippen LogP contribution is -2.53. The Labute approximate surface area is 115 Å². The van der Waals surface area contributed by atoms with E-state index in [1.54, 1.807) is 13.0 Å². The lowest BCUT2D eigenvalue weighted by atomic mass is 9.90. The summed E-state index contributed by atoms with van der Waals surface area (Å²) < 4.78 is 10.2. The molecule has 2 unspecified atom stereocenters. The van der Waals surface area contributed by atoms with Crippen molar-refractivity contribution in [3.8, 4) is 5.75 Å². The number of esters is 1. The molecule has 6 heteroatoms. The van der Waals surface area contributed by atoms with Crippen LogP contribution in [0.5, 0.6) is 5.75 Å². The molecule has 1 aliphatic heterocycles. The molecule has 0 amide bonds. The smallest absolute Gasteiger partial charge is 0.361 e. The summed E-state index contributed by atoms with van der Waals surface area (Å²) in [6.07, 6.45) is -1.43. The number of halogens is 1. The highest BCUT2D eigenvalue weighted by Gasteiger charge is 2.59. The minimum absolute atomic E-state index is 0.0844. The maximum atomic E-state index is 12.0. The van der Waals surface area contributed by atoms with E-state index in [-0.39, 0.29) is 12.4 Å². The summed E-state index contributed by atoms with van der Waals surface area (Å²) in [7, 11) is 0. The molecule has 0 bridgehead atoms. The first-order valence-corrected chi connectivity index (χ1v) is 6.16. The third-order valence-corrected chi connectivity index (χ3v) is 3.26. The van der Waals surface area contributed by atoms with E-state index in [9.17, 15) is 14.7 Å². The predicted molar refractivity (Wildman–Crippen MR) is 67.1 cm³/mol. The molecular weight excluding hydrogens is 272 g/mol. The molecular formula is C13H13ClO5. The standard InChI is InChI=1S/C13H13ClO5/c1-3-18-12(17)13(7(2)15)11(16)9-6-8(14)4-5-10(9)19-13/h4-6,11,16H,3H2,1-2H3. The maximum Gasteiger partial charge on any atom is 0.361 e. The van der Waals surface area contributed by atoms with Crippen LogP contribution in [0.4, 0.5) is 0 Å². The van der Waals surface area contributed by atoms with Gasteiger partial charge in [0.15, 0.2) is 5.78 Å². The quantitative estimate of drug-likeness (QED) is 0.675. The molecule has 1 aromatic carbocycles. The largest absolute Gasteiger partial charge is 0.464 e. The Kier molecular flexibility index (Phi) is 3.52. The van der Waals surface area contributed by atoms with E-state index < -0.39 is 23.5 Å². The Hall–Kier alpha value is -1.59. The molecule has 1 N–H and O–H groups in total. The topological polar surface area (TPSA) is 72.8 Å². The van der Waals surface area contributed by atoms with E-state index >= 15 is 0 Å². The number of hydrogen-bond donors (Lipinski definition) is 1. The van der Waals surface area contributed by atoms with Gasteiger partial charge in [0.2, 0.25) is 0 Å². The molecule has 0 aliphatic carbocycles. The number of ketones is 1. The van der Waals surface area contributed by atoms with Crippen molar-refractivity contribution in [2.45, 2.75) is 25.6 Å². The van der Waals surface area contributed by atoms with Gasteiger partial charge < -0.3 is 14.6 Å². The molecule has 102 valence electrons. The van der Waals surface area contributed by atoms with Crippen molar-refractivity contribution < 1.29 is 24.2 Å². The Balaban J connectivity index is 2.50. The zero-order valence-electron chi connectivity index (χ0n) is 10.5. The Bertz CT molecular complexity index is 542. The molecule has 1 heterocycles. The van der Waals surface area contributed by atoms with Crippen LogP contribution in [0.2, 0.25) is 5.02 Å². The number of carbonyl (C=O) groups is 2. The van der Waals surface area contributed by atoms with E-state index in [1.807, 2.05) is 0 Å². The van der Waals surface area contributed by atoms with E-state index in [1.165, 1.54) is 19.1 Å². The molecule has 0 aromatic heterocycles. The number of hydrogen-bond acceptors (Lipinski definition) is 5. The van der Waals surface area contributed by atoms with Crippen LogP contribution >= 0.6 is 11.6 Å². The molecule has 1 aromatic rings. The summed E-state index contributed by atoms with van der Waals surface area (Å²) >= 11 is 5.83. The van der Waals surface area contributed by atoms with Gasteiger partial charge in [0.1, 0.15) is 11.9 Å². The monoisotopic (exact) mass is 284 g/mol. The molecule has 0 radical (unpaired) electrons. The third kappa shape index (κ3) is 1.99. The Morgan fingerprint density at radius 1 is 1.53 bits per heavy atom. The highest BCUT2D eigenvalue weighted by molar-refractivity contribution is 6.30. The first-order valence-electron chi connectivity index (χ1n) is 5.78. The van der Waals surface area contributed by atoms with Crippen molar-refractivity contribution in [2.24, 2.45) is 0 Å². The van der Waals surface area contributed by atoms with Gasteiger partial charge in [0.25, 0.3) is 5.60 Å². The average molecular weight is 285 g/mol. The number of fused-ring (bicyclic) bond motifs is 1. The van der Waals surface area contributed by atoms with Crippen molar-refractivity contribution in [3.05, 3.63) is 28.8 Å². The highest BCUT2D eigenvalue weighted by Crippen LogP contribution is 2.45. The molecule has 2 atom stereocenters. The second-order valence-corrected chi connectivity index (χ2v) is 4.64. The van der Waals surface area contributed by atoms with Crippen molar-refractivity contribution in [3.63, 3.8) is 0 Å². The Morgan fingerprint density at radius 3 is 2.79 bits per heavy atom. The fraction of sp³-hybridized carbons (Fsp3) is 0.385. The normalized spacial score (nSPS) is 24.5. The van der Waals surface area contributed by atoms with Crippen LogP contribution in [0.3, 0.4) is 0 Å². The zero-order chi connectivity index (χ0) is 14.2. The lowest BCUT2D eigenvalue weighted by molar-refractivity contribution is -0.173. The van der Waals surface area contributed by atoms with E-state index in [0.29, 0.717) is 10.6 Å². The van der Waals surface area contributed by atoms with E-state index in [0.717, 1.165) is 0 Å². The summed E-state index contributed by atoms with van der Waals surface area (Å²) in [6, 6.07) is 4.52. The second-order valence-electron chi connectivity index (χ2n) is 4.20. The summed E-state index contributed by atoms with van der Waals surface area (Å²) in [4.78, 5) is 23.8. The molecule has 0 saturated heterocycles. The van der Waals surface area contributed by atoms with Gasteiger partial charge in [0.05, 0.1) is 6.61 Å². The van der Waals surface area contributed by atoms with Crippen LogP contribution in [0.25, 0.3) is 0 Å². The van der Waals surface area contributed by atoms with Crippen molar-refractivity contribution in [2.75, 3.05) is 6.61 Å². The predicted octanol–water partition coefficient (Wildman–Crippen LogP) is 1.66. The lowest BCUT2D eigenvalue weighted by Gasteiger charge is -2.26. The molecule has 1 aliphatic rings. The average Bonchev–Trinajstić information content (AvgIpc) is 2.64. The van der Waals surface area contributed by atoms with Gasteiger partial charge >= 0.3 is 5.97 Å². The molecule has 19 heavy (non-hydrogen) atoms. The van der Waals surface area contributed by atoms with Crippen molar-refractivity contribution >= 4 is 23.4 Å². The fourth-order valence-corrected chi connectivity index (χ4v) is 2.25. The molecule has 0 saturated carbocycles. The first-order chi connectivity index (χ1) is 8.93. The van der Waals surface area contributed by atoms with Gasteiger partial charge in [-0.25, -0.2) is 4.79 Å².